The van der Waals surface area contributed by atoms with Crippen molar-refractivity contribution in [2.24, 2.45) is 0 Å². The fourth-order valence-corrected chi connectivity index (χ4v) is 0. The summed E-state index contributed by atoms with van der Waals surface area (Å²) in [4.78, 5) is 0. The molecule has 0 atom stereocenters. The van der Waals surface area contributed by atoms with Crippen molar-refractivity contribution in [2.45, 2.75) is 0 Å². The predicted octanol–water partition coefficient (Wildman–Crippen LogP) is -3.55. The van der Waals surface area contributed by atoms with Crippen molar-refractivity contribution in [3.63, 3.8) is 0 Å². The van der Waals surface area contributed by atoms with Crippen molar-refractivity contribution in [2.75, 3.05) is 0 Å². The predicted molar refractivity (Wildman–Crippen MR) is 19.1 cm³/mol. The van der Waals surface area contributed by atoms with Gasteiger partial charge < -0.3 is 11.8 Å². The molecule has 0 radical (unpaired) electrons. The summed E-state index contributed by atoms with van der Waals surface area (Å²) in [5.41, 5.74) is 0. The number of hydrogen-bond donors (Lipinski definition) is 2. The van der Waals surface area contributed by atoms with Gasteiger partial charge in [-0.25, -0.2) is 0 Å². The maximum atomic E-state index is 8.74. The summed E-state index contributed by atoms with van der Waals surface area (Å²) in [7, 11) is -4.67. The first-order chi connectivity index (χ1) is 3.00. The summed E-state index contributed by atoms with van der Waals surface area (Å²) in [5.74, 6) is 0. The second-order valence-electron chi connectivity index (χ2n) is 0.448. The van der Waals surface area contributed by atoms with Crippen molar-refractivity contribution in [1.82, 2.24) is 0 Å². The van der Waals surface area contributed by atoms with Gasteiger partial charge in [0, 0.05) is 0 Å². The van der Waals surface area contributed by atoms with Crippen LogP contribution < -0.4 is 51.4 Å². The van der Waals surface area contributed by atoms with Gasteiger partial charge in [-0.15, -0.1) is 0 Å². The van der Waals surface area contributed by atoms with Gasteiger partial charge in [-0.2, -0.15) is 8.42 Å². The minimum Gasteiger partial charge on any atom is -0.512 e. The van der Waals surface area contributed by atoms with E-state index in [1.54, 1.807) is 0 Å². The van der Waals surface area contributed by atoms with Gasteiger partial charge in [0.2, 0.25) is 0 Å². The molecule has 0 aromatic rings. The van der Waals surface area contributed by atoms with E-state index in [4.69, 9.17) is 29.4 Å². The van der Waals surface area contributed by atoms with Crippen molar-refractivity contribution in [1.29, 1.82) is 5.26 Å². The van der Waals surface area contributed by atoms with E-state index in [2.05, 4.69) is 0 Å². The summed E-state index contributed by atoms with van der Waals surface area (Å²) in [6.07, 6.45) is 0. The first-order valence-corrected chi connectivity index (χ1v) is 2.32. The van der Waals surface area contributed by atoms with Gasteiger partial charge in [0.05, 0.1) is 0 Å². The van der Waals surface area contributed by atoms with Crippen LogP contribution in [-0.4, -0.2) is 17.5 Å². The molecule has 0 aromatic carbocycles. The first kappa shape index (κ1) is 16.0. The molecule has 7 heteroatoms. The Morgan fingerprint density at radius 2 is 1.25 bits per heavy atom. The van der Waals surface area contributed by atoms with Crippen LogP contribution in [0.25, 0.3) is 0 Å². The van der Waals surface area contributed by atoms with Crippen LogP contribution in [0.15, 0.2) is 0 Å². The molecular weight excluding hydrogens is 161 g/mol. The van der Waals surface area contributed by atoms with Gasteiger partial charge in [0.15, 0.2) is 0 Å². The van der Waals surface area contributed by atoms with Crippen LogP contribution in [0.4, 0.5) is 0 Å². The van der Waals surface area contributed by atoms with Gasteiger partial charge in [-0.1, -0.05) is 0 Å². The summed E-state index contributed by atoms with van der Waals surface area (Å²) >= 11 is 0. The maximum absolute atomic E-state index is 8.74. The van der Waals surface area contributed by atoms with E-state index in [9.17, 15) is 0 Å². The molecule has 0 saturated heterocycles. The second kappa shape index (κ2) is 8.00. The van der Waals surface area contributed by atoms with Gasteiger partial charge >= 0.3 is 61.8 Å². The van der Waals surface area contributed by atoms with E-state index >= 15 is 0 Å². The van der Waals surface area contributed by atoms with Gasteiger partial charge in [0.25, 0.3) is 0 Å². The quantitative estimate of drug-likeness (QED) is 0.219. The Morgan fingerprint density at radius 1 is 1.25 bits per heavy atom. The fourth-order valence-electron chi connectivity index (χ4n) is 0. The molecule has 0 aliphatic carbocycles. The van der Waals surface area contributed by atoms with E-state index in [0.717, 1.165) is 0 Å². The summed E-state index contributed by atoms with van der Waals surface area (Å²) in [6.45, 7) is 4.75. The Morgan fingerprint density at radius 3 is 1.25 bits per heavy atom. The fraction of sp³-hybridized carbons (Fsp3) is 0. The van der Waals surface area contributed by atoms with Crippen LogP contribution in [0.1, 0.15) is 0 Å². The molecule has 0 rings (SSSR count). The molecule has 0 bridgehead atoms. The number of nitrogens with zero attached hydrogens (tertiary/aromatic N) is 1. The molecule has 0 saturated carbocycles. The third kappa shape index (κ3) is 253. The van der Waals surface area contributed by atoms with Crippen LogP contribution in [-0.2, 0) is 10.4 Å². The van der Waals surface area contributed by atoms with Crippen LogP contribution in [0.3, 0.4) is 0 Å². The average Bonchev–Trinajstić information content (AvgIpc) is 1.36. The number of rotatable bonds is 0. The summed E-state index contributed by atoms with van der Waals surface area (Å²) in [5, 5.41) is 6.25. The normalized spacial score (nSPS) is 7.50. The van der Waals surface area contributed by atoms with Crippen molar-refractivity contribution in [3.8, 4) is 0 Å². The molecule has 0 spiro atoms. The van der Waals surface area contributed by atoms with Crippen LogP contribution in [0, 0.1) is 11.8 Å². The molecule has 5 nitrogen and oxygen atoms in total. The third-order valence-corrected chi connectivity index (χ3v) is 0. The van der Waals surface area contributed by atoms with Crippen LogP contribution in [0.2, 0.25) is 0 Å². The smallest absolute Gasteiger partial charge is 0.512 e. The number of hydrogen-bond acceptors (Lipinski definition) is 3. The van der Waals surface area contributed by atoms with Gasteiger partial charge in [-0.05, 0) is 0 Å². The summed E-state index contributed by atoms with van der Waals surface area (Å²) < 4.78 is 31.6. The van der Waals surface area contributed by atoms with Crippen LogP contribution in [0.5, 0.6) is 0 Å². The minimum absolute atomic E-state index is 0. The molecule has 2 N–H and O–H groups in total. The largest absolute Gasteiger partial charge is 1.00 e. The standard InChI is InChI=1S/CN.K.H2O4S/c1-2;;1-5(2,3)4/h;;(H2,1,2,3,4)/q-1;+1;. The van der Waals surface area contributed by atoms with E-state index in [0.29, 0.717) is 0 Å². The van der Waals surface area contributed by atoms with Crippen molar-refractivity contribution in [3.05, 3.63) is 6.57 Å². The SMILES string of the molecule is O=S(=O)(O)O.[C-]#N.[K+]. The second-order valence-corrected chi connectivity index (χ2v) is 1.34. The van der Waals surface area contributed by atoms with E-state index in [1.807, 2.05) is 0 Å². The molecule has 0 aromatic heterocycles. The van der Waals surface area contributed by atoms with E-state index in [1.165, 1.54) is 0 Å². The van der Waals surface area contributed by atoms with Gasteiger partial charge in [0.1, 0.15) is 0 Å². The Labute approximate surface area is 89.7 Å². The minimum atomic E-state index is -4.67. The molecule has 8 heavy (non-hydrogen) atoms. The maximum Gasteiger partial charge on any atom is 1.00 e. The van der Waals surface area contributed by atoms with Gasteiger partial charge in [-0.3, -0.25) is 9.11 Å². The monoisotopic (exact) mass is 163 g/mol. The average molecular weight is 163 g/mol. The zero-order chi connectivity index (χ0) is 6.50. The van der Waals surface area contributed by atoms with Crippen molar-refractivity contribution >= 4 is 10.4 Å². The Kier molecular flexibility index (Phi) is 16.0. The zero-order valence-electron chi connectivity index (χ0n) is 4.07. The Bertz CT molecular complexity index is 127. The molecule has 0 aliphatic heterocycles. The topological polar surface area (TPSA) is 98.4 Å². The Balaban J connectivity index is -0.0000000750. The van der Waals surface area contributed by atoms with Crippen LogP contribution >= 0.6 is 0 Å². The molecule has 0 heterocycles. The van der Waals surface area contributed by atoms with Crippen molar-refractivity contribution < 1.29 is 68.9 Å². The molecule has 0 fully saturated rings. The molecule has 0 unspecified atom stereocenters. The van der Waals surface area contributed by atoms with E-state index < -0.39 is 10.4 Å². The van der Waals surface area contributed by atoms with E-state index in [-0.39, 0.29) is 51.4 Å². The molecular formula is CH2KNO4S. The summed E-state index contributed by atoms with van der Waals surface area (Å²) in [6, 6.07) is 0. The molecule has 42 valence electrons. The zero-order valence-corrected chi connectivity index (χ0v) is 8.01. The third-order valence-electron chi connectivity index (χ3n) is 0. The molecule has 0 aliphatic rings. The Hall–Kier alpha value is 0.996. The molecule has 0 amide bonds. The first-order valence-electron chi connectivity index (χ1n) is 0.922.